The normalized spacial score (nSPS) is 16.1. The Kier molecular flexibility index (Phi) is 3.67. The van der Waals surface area contributed by atoms with Crippen molar-refractivity contribution in [1.29, 1.82) is 5.26 Å². The van der Waals surface area contributed by atoms with Gasteiger partial charge in [-0.15, -0.1) is 0 Å². The number of rotatable bonds is 3. The molecule has 1 unspecified atom stereocenters. The van der Waals surface area contributed by atoms with Crippen molar-refractivity contribution in [3.8, 4) is 6.07 Å². The van der Waals surface area contributed by atoms with Crippen molar-refractivity contribution >= 4 is 5.69 Å². The Morgan fingerprint density at radius 1 is 1.47 bits per heavy atom. The van der Waals surface area contributed by atoms with Crippen LogP contribution < -0.4 is 10.2 Å². The van der Waals surface area contributed by atoms with E-state index in [1.54, 1.807) is 6.07 Å². The Morgan fingerprint density at radius 2 is 2.21 bits per heavy atom. The molecule has 0 saturated carbocycles. The Morgan fingerprint density at radius 3 is 2.84 bits per heavy atom. The van der Waals surface area contributed by atoms with Crippen LogP contribution in [0, 0.1) is 11.3 Å². The number of hydrogen-bond acceptors (Lipinski definition) is 3. The number of fused-ring (bicyclic) bond motifs is 1. The molecule has 1 aromatic rings. The number of hydrogen-bond donors (Lipinski definition) is 1. The molecule has 1 aliphatic heterocycles. The van der Waals surface area contributed by atoms with Crippen LogP contribution in [0.5, 0.6) is 0 Å². The average molecular weight is 269 g/mol. The van der Waals surface area contributed by atoms with E-state index in [0.29, 0.717) is 5.56 Å². The maximum absolute atomic E-state index is 12.2. The molecule has 2 rings (SSSR count). The smallest absolute Gasteiger partial charge is 0.374 e. The Labute approximate surface area is 109 Å². The highest BCUT2D eigenvalue weighted by Gasteiger charge is 2.28. The van der Waals surface area contributed by atoms with Crippen molar-refractivity contribution in [2.75, 3.05) is 25.0 Å². The van der Waals surface area contributed by atoms with Gasteiger partial charge in [-0.2, -0.15) is 18.4 Å². The van der Waals surface area contributed by atoms with Gasteiger partial charge >= 0.3 is 6.18 Å². The Hall–Kier alpha value is -1.74. The highest BCUT2D eigenvalue weighted by molar-refractivity contribution is 5.59. The predicted octanol–water partition coefficient (Wildman–Crippen LogP) is 2.40. The van der Waals surface area contributed by atoms with Crippen LogP contribution in [0.2, 0.25) is 0 Å². The zero-order valence-electron chi connectivity index (χ0n) is 10.5. The van der Waals surface area contributed by atoms with E-state index in [1.807, 2.05) is 25.2 Å². The van der Waals surface area contributed by atoms with Crippen LogP contribution in [0.1, 0.15) is 17.2 Å². The summed E-state index contributed by atoms with van der Waals surface area (Å²) < 4.78 is 36.5. The van der Waals surface area contributed by atoms with E-state index in [-0.39, 0.29) is 0 Å². The highest BCUT2D eigenvalue weighted by atomic mass is 19.4. The molecule has 1 aliphatic rings. The van der Waals surface area contributed by atoms with Gasteiger partial charge < -0.3 is 4.90 Å². The van der Waals surface area contributed by atoms with E-state index in [9.17, 15) is 13.2 Å². The lowest BCUT2D eigenvalue weighted by molar-refractivity contribution is -0.125. The monoisotopic (exact) mass is 269 g/mol. The third-order valence-electron chi connectivity index (χ3n) is 3.20. The molecule has 102 valence electrons. The first-order chi connectivity index (χ1) is 8.90. The quantitative estimate of drug-likeness (QED) is 0.915. The number of alkyl halides is 3. The predicted molar refractivity (Wildman–Crippen MR) is 65.8 cm³/mol. The number of nitriles is 1. The van der Waals surface area contributed by atoms with Crippen LogP contribution in [0.15, 0.2) is 18.2 Å². The van der Waals surface area contributed by atoms with Gasteiger partial charge in [0.15, 0.2) is 0 Å². The summed E-state index contributed by atoms with van der Waals surface area (Å²) in [5.74, 6) is 0. The van der Waals surface area contributed by atoms with Gasteiger partial charge in [0.05, 0.1) is 12.6 Å². The second-order valence-electron chi connectivity index (χ2n) is 4.62. The van der Waals surface area contributed by atoms with Crippen molar-refractivity contribution in [2.24, 2.45) is 0 Å². The lowest BCUT2D eigenvalue weighted by atomic mass is 10.0. The standard InChI is InChI=1S/C13H14F3N3/c1-19-5-4-10-6-9(2-3-12(10)19)11(7-17)18-8-13(14,15)16/h2-3,6,11,18H,4-5,8H2,1H3. The summed E-state index contributed by atoms with van der Waals surface area (Å²) in [5.41, 5.74) is 2.74. The molecular weight excluding hydrogens is 255 g/mol. The number of nitrogens with one attached hydrogen (secondary N) is 1. The summed E-state index contributed by atoms with van der Waals surface area (Å²) >= 11 is 0. The summed E-state index contributed by atoms with van der Waals surface area (Å²) in [6.45, 7) is -0.270. The molecular formula is C13H14F3N3. The van der Waals surface area contributed by atoms with Crippen molar-refractivity contribution in [1.82, 2.24) is 5.32 Å². The minimum absolute atomic E-state index is 0.584. The van der Waals surface area contributed by atoms with Crippen LogP contribution in [0.4, 0.5) is 18.9 Å². The zero-order chi connectivity index (χ0) is 14.0. The largest absolute Gasteiger partial charge is 0.401 e. The third-order valence-corrected chi connectivity index (χ3v) is 3.20. The molecule has 3 nitrogen and oxygen atoms in total. The van der Waals surface area contributed by atoms with Crippen LogP contribution in [0.3, 0.4) is 0 Å². The molecule has 0 amide bonds. The summed E-state index contributed by atoms with van der Waals surface area (Å²) in [4.78, 5) is 2.09. The second kappa shape index (κ2) is 5.10. The maximum Gasteiger partial charge on any atom is 0.401 e. The summed E-state index contributed by atoms with van der Waals surface area (Å²) in [6.07, 6.45) is -3.46. The van der Waals surface area contributed by atoms with Crippen LogP contribution in [-0.4, -0.2) is 26.3 Å². The van der Waals surface area contributed by atoms with Gasteiger partial charge in [0.25, 0.3) is 0 Å². The molecule has 1 atom stereocenters. The average Bonchev–Trinajstić information content (AvgIpc) is 2.70. The van der Waals surface area contributed by atoms with Crippen molar-refractivity contribution in [3.05, 3.63) is 29.3 Å². The number of nitrogens with zero attached hydrogens (tertiary/aromatic N) is 2. The first kappa shape index (κ1) is 13.7. The zero-order valence-corrected chi connectivity index (χ0v) is 10.5. The van der Waals surface area contributed by atoms with Crippen LogP contribution in [-0.2, 0) is 6.42 Å². The molecule has 19 heavy (non-hydrogen) atoms. The molecule has 0 aromatic heterocycles. The van der Waals surface area contributed by atoms with E-state index < -0.39 is 18.8 Å². The minimum Gasteiger partial charge on any atom is -0.374 e. The SMILES string of the molecule is CN1CCc2cc(C(C#N)NCC(F)(F)F)ccc21. The fourth-order valence-electron chi connectivity index (χ4n) is 2.22. The first-order valence-corrected chi connectivity index (χ1v) is 5.94. The van der Waals surface area contributed by atoms with E-state index in [2.05, 4.69) is 10.2 Å². The molecule has 0 aliphatic carbocycles. The molecule has 0 saturated heterocycles. The molecule has 1 heterocycles. The lowest BCUT2D eigenvalue weighted by Crippen LogP contribution is -2.31. The third kappa shape index (κ3) is 3.18. The number of anilines is 1. The number of likely N-dealkylation sites (N-methyl/N-ethyl adjacent to an activating group) is 1. The Balaban J connectivity index is 2.14. The minimum atomic E-state index is -4.31. The van der Waals surface area contributed by atoms with Gasteiger partial charge in [-0.3, -0.25) is 5.32 Å². The van der Waals surface area contributed by atoms with Gasteiger partial charge in [-0.05, 0) is 23.6 Å². The summed E-state index contributed by atoms with van der Waals surface area (Å²) in [6, 6.07) is 6.32. The molecule has 0 bridgehead atoms. The molecule has 0 fully saturated rings. The number of halogens is 3. The number of benzene rings is 1. The first-order valence-electron chi connectivity index (χ1n) is 5.94. The molecule has 0 radical (unpaired) electrons. The van der Waals surface area contributed by atoms with Crippen LogP contribution >= 0.6 is 0 Å². The van der Waals surface area contributed by atoms with E-state index >= 15 is 0 Å². The van der Waals surface area contributed by atoms with Gasteiger partial charge in [0, 0.05) is 19.3 Å². The topological polar surface area (TPSA) is 39.1 Å². The van der Waals surface area contributed by atoms with Crippen molar-refractivity contribution in [2.45, 2.75) is 18.6 Å². The van der Waals surface area contributed by atoms with E-state index in [1.165, 1.54) is 0 Å². The van der Waals surface area contributed by atoms with Crippen molar-refractivity contribution < 1.29 is 13.2 Å². The Bertz CT molecular complexity index is 505. The summed E-state index contributed by atoms with van der Waals surface area (Å²) in [5, 5.41) is 11.2. The van der Waals surface area contributed by atoms with Crippen LogP contribution in [0.25, 0.3) is 0 Å². The fraction of sp³-hybridized carbons (Fsp3) is 0.462. The van der Waals surface area contributed by atoms with Gasteiger partial charge in [0.2, 0.25) is 0 Å². The molecule has 6 heteroatoms. The summed E-state index contributed by atoms with van der Waals surface area (Å²) in [7, 11) is 1.97. The fourth-order valence-corrected chi connectivity index (χ4v) is 2.22. The molecule has 1 N–H and O–H groups in total. The van der Waals surface area contributed by atoms with Crippen molar-refractivity contribution in [3.63, 3.8) is 0 Å². The highest BCUT2D eigenvalue weighted by Crippen LogP contribution is 2.29. The van der Waals surface area contributed by atoms with Gasteiger partial charge in [-0.1, -0.05) is 12.1 Å². The molecule has 0 spiro atoms. The maximum atomic E-state index is 12.2. The second-order valence-corrected chi connectivity index (χ2v) is 4.62. The molecule has 1 aromatic carbocycles. The van der Waals surface area contributed by atoms with E-state index in [4.69, 9.17) is 5.26 Å². The van der Waals surface area contributed by atoms with E-state index in [0.717, 1.165) is 24.2 Å². The lowest BCUT2D eigenvalue weighted by Gasteiger charge is -2.16. The van der Waals surface area contributed by atoms with Gasteiger partial charge in [-0.25, -0.2) is 0 Å². The van der Waals surface area contributed by atoms with Gasteiger partial charge in [0.1, 0.15) is 6.04 Å².